The highest BCUT2D eigenvalue weighted by Gasteiger charge is 2.23. The molecule has 0 saturated heterocycles. The van der Waals surface area contributed by atoms with Crippen LogP contribution in [0.15, 0.2) is 23.8 Å². The van der Waals surface area contributed by atoms with Crippen LogP contribution in [0, 0.1) is 5.82 Å². The molecule has 0 aromatic heterocycles. The Kier molecular flexibility index (Phi) is 2.85. The van der Waals surface area contributed by atoms with Crippen molar-refractivity contribution in [3.63, 3.8) is 0 Å². The molecule has 2 heteroatoms. The summed E-state index contributed by atoms with van der Waals surface area (Å²) >= 11 is 0. The molecule has 1 aliphatic carbocycles. The molecule has 0 bridgehead atoms. The van der Waals surface area contributed by atoms with E-state index in [-0.39, 0.29) is 11.4 Å². The van der Waals surface area contributed by atoms with E-state index in [2.05, 4.69) is 25.2 Å². The van der Waals surface area contributed by atoms with Gasteiger partial charge < -0.3 is 5.32 Å². The molecule has 0 fully saturated rings. The Hall–Kier alpha value is -1.15. The first-order valence-corrected chi connectivity index (χ1v) is 5.71. The Balaban J connectivity index is 2.41. The first-order valence-electron chi connectivity index (χ1n) is 5.71. The molecule has 1 N–H and O–H groups in total. The number of likely N-dealkylation sites (N-methyl/N-ethyl adjacent to an activating group) is 1. The molecule has 1 aromatic carbocycles. The highest BCUT2D eigenvalue weighted by Crippen LogP contribution is 2.30. The van der Waals surface area contributed by atoms with Gasteiger partial charge in [-0.05, 0) is 62.6 Å². The quantitative estimate of drug-likeness (QED) is 0.805. The van der Waals surface area contributed by atoms with Crippen molar-refractivity contribution < 1.29 is 4.39 Å². The van der Waals surface area contributed by atoms with E-state index >= 15 is 0 Å². The van der Waals surface area contributed by atoms with Crippen LogP contribution in [0.5, 0.6) is 0 Å². The van der Waals surface area contributed by atoms with Gasteiger partial charge >= 0.3 is 0 Å². The van der Waals surface area contributed by atoms with E-state index in [1.54, 1.807) is 12.1 Å². The highest BCUT2D eigenvalue weighted by molar-refractivity contribution is 5.61. The topological polar surface area (TPSA) is 12.0 Å². The van der Waals surface area contributed by atoms with Crippen molar-refractivity contribution in [2.24, 2.45) is 0 Å². The molecule has 1 nitrogen and oxygen atoms in total. The van der Waals surface area contributed by atoms with Gasteiger partial charge in [0.25, 0.3) is 0 Å². The van der Waals surface area contributed by atoms with Crippen molar-refractivity contribution in [2.45, 2.75) is 32.2 Å². The number of nitrogens with one attached hydrogen (secondary N) is 1. The number of hydrogen-bond acceptors (Lipinski definition) is 1. The van der Waals surface area contributed by atoms with E-state index < -0.39 is 0 Å². The summed E-state index contributed by atoms with van der Waals surface area (Å²) in [5.74, 6) is -0.154. The van der Waals surface area contributed by atoms with Gasteiger partial charge in [-0.3, -0.25) is 0 Å². The molecule has 0 spiro atoms. The van der Waals surface area contributed by atoms with Crippen LogP contribution in [0.2, 0.25) is 0 Å². The fourth-order valence-electron chi connectivity index (χ4n) is 2.11. The average molecular weight is 219 g/mol. The highest BCUT2D eigenvalue weighted by atomic mass is 19.1. The second-order valence-corrected chi connectivity index (χ2v) is 4.89. The minimum atomic E-state index is -0.154. The van der Waals surface area contributed by atoms with Crippen molar-refractivity contribution in [3.05, 3.63) is 40.7 Å². The lowest BCUT2D eigenvalue weighted by atomic mass is 9.83. The Morgan fingerprint density at radius 2 is 2.00 bits per heavy atom. The van der Waals surface area contributed by atoms with Crippen LogP contribution >= 0.6 is 0 Å². The number of rotatable bonds is 2. The third kappa shape index (κ3) is 2.03. The number of hydrogen-bond donors (Lipinski definition) is 1. The first kappa shape index (κ1) is 11.3. The Morgan fingerprint density at radius 1 is 1.25 bits per heavy atom. The standard InChI is InChI=1S/C14H18FN/c1-14(2,16-3)12-6-4-10-5-7-13(15)9-11(10)8-12/h5,7-9,16H,4,6H2,1-3H3. The van der Waals surface area contributed by atoms with Gasteiger partial charge in [-0.1, -0.05) is 12.1 Å². The third-order valence-electron chi connectivity index (χ3n) is 3.53. The summed E-state index contributed by atoms with van der Waals surface area (Å²) in [7, 11) is 1.96. The molecular formula is C14H18FN. The van der Waals surface area contributed by atoms with Gasteiger partial charge in [0, 0.05) is 5.54 Å². The summed E-state index contributed by atoms with van der Waals surface area (Å²) < 4.78 is 13.2. The molecule has 0 radical (unpaired) electrons. The van der Waals surface area contributed by atoms with Crippen molar-refractivity contribution in [3.8, 4) is 0 Å². The van der Waals surface area contributed by atoms with Crippen molar-refractivity contribution in [2.75, 3.05) is 7.05 Å². The van der Waals surface area contributed by atoms with Gasteiger partial charge in [-0.15, -0.1) is 0 Å². The van der Waals surface area contributed by atoms with E-state index in [1.807, 2.05) is 13.1 Å². The lowest BCUT2D eigenvalue weighted by Crippen LogP contribution is -2.38. The van der Waals surface area contributed by atoms with Crippen molar-refractivity contribution >= 4 is 6.08 Å². The lowest BCUT2D eigenvalue weighted by Gasteiger charge is -2.30. The predicted molar refractivity (Wildman–Crippen MR) is 65.8 cm³/mol. The van der Waals surface area contributed by atoms with Crippen LogP contribution in [0.25, 0.3) is 6.08 Å². The molecule has 2 rings (SSSR count). The zero-order valence-electron chi connectivity index (χ0n) is 10.1. The molecule has 86 valence electrons. The van der Waals surface area contributed by atoms with Crippen molar-refractivity contribution in [1.29, 1.82) is 0 Å². The minimum Gasteiger partial charge on any atom is -0.311 e. The smallest absolute Gasteiger partial charge is 0.123 e. The number of halogens is 1. The summed E-state index contributed by atoms with van der Waals surface area (Å²) in [5, 5.41) is 3.29. The maximum atomic E-state index is 13.2. The second-order valence-electron chi connectivity index (χ2n) is 4.89. The van der Waals surface area contributed by atoms with Crippen LogP contribution in [-0.4, -0.2) is 12.6 Å². The van der Waals surface area contributed by atoms with Crippen LogP contribution in [0.1, 0.15) is 31.4 Å². The molecule has 16 heavy (non-hydrogen) atoms. The third-order valence-corrected chi connectivity index (χ3v) is 3.53. The second kappa shape index (κ2) is 4.02. The molecular weight excluding hydrogens is 201 g/mol. The summed E-state index contributed by atoms with van der Waals surface area (Å²) in [5.41, 5.74) is 3.61. The predicted octanol–water partition coefficient (Wildman–Crippen LogP) is 3.15. The van der Waals surface area contributed by atoms with Crippen LogP contribution in [0.3, 0.4) is 0 Å². The van der Waals surface area contributed by atoms with Gasteiger partial charge in [0.1, 0.15) is 5.82 Å². The van der Waals surface area contributed by atoms with Crippen LogP contribution < -0.4 is 5.32 Å². The first-order chi connectivity index (χ1) is 7.53. The minimum absolute atomic E-state index is 0.00991. The maximum absolute atomic E-state index is 13.2. The fourth-order valence-corrected chi connectivity index (χ4v) is 2.11. The molecule has 1 aromatic rings. The van der Waals surface area contributed by atoms with E-state index in [1.165, 1.54) is 11.1 Å². The molecule has 1 aliphatic rings. The van der Waals surface area contributed by atoms with Gasteiger partial charge in [0.2, 0.25) is 0 Å². The van der Waals surface area contributed by atoms with E-state index in [9.17, 15) is 4.39 Å². The normalized spacial score (nSPS) is 15.6. The molecule has 0 aliphatic heterocycles. The molecule has 0 unspecified atom stereocenters. The lowest BCUT2D eigenvalue weighted by molar-refractivity contribution is 0.481. The Bertz CT molecular complexity index is 432. The monoisotopic (exact) mass is 219 g/mol. The fraction of sp³-hybridized carbons (Fsp3) is 0.429. The summed E-state index contributed by atoms with van der Waals surface area (Å²) in [6.07, 6.45) is 4.18. The number of benzene rings is 1. The van der Waals surface area contributed by atoms with Gasteiger partial charge in [0.15, 0.2) is 0 Å². The SMILES string of the molecule is CNC(C)(C)C1=Cc2cc(F)ccc2CC1. The van der Waals surface area contributed by atoms with Crippen molar-refractivity contribution in [1.82, 2.24) is 5.32 Å². The van der Waals surface area contributed by atoms with Crippen LogP contribution in [0.4, 0.5) is 4.39 Å². The summed E-state index contributed by atoms with van der Waals surface area (Å²) in [4.78, 5) is 0. The van der Waals surface area contributed by atoms with Gasteiger partial charge in [0.05, 0.1) is 0 Å². The number of fused-ring (bicyclic) bond motifs is 1. The van der Waals surface area contributed by atoms with Crippen LogP contribution in [-0.2, 0) is 6.42 Å². The van der Waals surface area contributed by atoms with Gasteiger partial charge in [-0.2, -0.15) is 0 Å². The summed E-state index contributed by atoms with van der Waals surface area (Å²) in [6.45, 7) is 4.31. The van der Waals surface area contributed by atoms with E-state index in [0.717, 1.165) is 18.4 Å². The Labute approximate surface area is 96.4 Å². The zero-order chi connectivity index (χ0) is 11.8. The largest absolute Gasteiger partial charge is 0.311 e. The number of aryl methyl sites for hydroxylation is 1. The van der Waals surface area contributed by atoms with Gasteiger partial charge in [-0.25, -0.2) is 4.39 Å². The summed E-state index contributed by atoms with van der Waals surface area (Å²) in [6, 6.07) is 5.06. The Morgan fingerprint density at radius 3 is 2.69 bits per heavy atom. The molecule has 0 amide bonds. The van der Waals surface area contributed by atoms with E-state index in [4.69, 9.17) is 0 Å². The molecule has 0 saturated carbocycles. The molecule has 0 heterocycles. The van der Waals surface area contributed by atoms with E-state index in [0.29, 0.717) is 0 Å². The molecule has 0 atom stereocenters. The maximum Gasteiger partial charge on any atom is 0.123 e. The average Bonchev–Trinajstić information content (AvgIpc) is 2.28. The zero-order valence-corrected chi connectivity index (χ0v) is 10.1.